The Balaban J connectivity index is 3.45. The van der Waals surface area contributed by atoms with E-state index in [-0.39, 0.29) is 13.2 Å². The van der Waals surface area contributed by atoms with Crippen LogP contribution >= 0.6 is 0 Å². The molecule has 5 nitrogen and oxygen atoms in total. The van der Waals surface area contributed by atoms with Crippen molar-refractivity contribution in [2.75, 3.05) is 19.8 Å². The van der Waals surface area contributed by atoms with E-state index in [0.29, 0.717) is 18.1 Å². The van der Waals surface area contributed by atoms with E-state index in [2.05, 4.69) is 25.7 Å². The van der Waals surface area contributed by atoms with Gasteiger partial charge in [-0.3, -0.25) is 0 Å². The van der Waals surface area contributed by atoms with Crippen molar-refractivity contribution in [2.45, 2.75) is 40.0 Å². The van der Waals surface area contributed by atoms with E-state index in [1.54, 1.807) is 6.92 Å². The normalized spacial score (nSPS) is 11.5. The molecule has 0 rings (SSSR count). The molecule has 0 bridgehead atoms. The van der Waals surface area contributed by atoms with Crippen molar-refractivity contribution in [3.05, 3.63) is 12.2 Å². The van der Waals surface area contributed by atoms with Crippen molar-refractivity contribution in [2.24, 2.45) is 5.92 Å². The molecule has 1 N–H and O–H groups in total. The zero-order valence-electron chi connectivity index (χ0n) is 12.2. The summed E-state index contributed by atoms with van der Waals surface area (Å²) in [6.07, 6.45) is 2.59. The third-order valence-electron chi connectivity index (χ3n) is 2.72. The molecule has 1 amide bonds. The zero-order chi connectivity index (χ0) is 14.7. The van der Waals surface area contributed by atoms with Gasteiger partial charge >= 0.3 is 12.1 Å². The number of hydrogen-bond donors (Lipinski definition) is 1. The highest BCUT2D eigenvalue weighted by Gasteiger charge is 2.05. The Morgan fingerprint density at radius 3 is 2.53 bits per heavy atom. The minimum Gasteiger partial charge on any atom is -0.460 e. The van der Waals surface area contributed by atoms with Gasteiger partial charge in [-0.2, -0.15) is 0 Å². The molecule has 0 saturated carbocycles. The minimum absolute atomic E-state index is 0.119. The smallest absolute Gasteiger partial charge is 0.407 e. The van der Waals surface area contributed by atoms with Crippen LogP contribution in [0.5, 0.6) is 0 Å². The van der Waals surface area contributed by atoms with Crippen molar-refractivity contribution in [3.8, 4) is 0 Å². The van der Waals surface area contributed by atoms with Crippen LogP contribution < -0.4 is 5.32 Å². The summed E-state index contributed by atoms with van der Waals surface area (Å²) >= 11 is 0. The average Bonchev–Trinajstić information content (AvgIpc) is 2.38. The first-order valence-corrected chi connectivity index (χ1v) is 6.70. The van der Waals surface area contributed by atoms with Crippen LogP contribution in [0.4, 0.5) is 4.79 Å². The number of hydrogen-bond acceptors (Lipinski definition) is 4. The van der Waals surface area contributed by atoms with Crippen molar-refractivity contribution in [1.82, 2.24) is 5.32 Å². The van der Waals surface area contributed by atoms with Gasteiger partial charge in [0.2, 0.25) is 0 Å². The van der Waals surface area contributed by atoms with Crippen LogP contribution in [0.2, 0.25) is 0 Å². The van der Waals surface area contributed by atoms with Gasteiger partial charge in [-0.25, -0.2) is 9.59 Å². The molecule has 1 unspecified atom stereocenters. The highest BCUT2D eigenvalue weighted by molar-refractivity contribution is 5.86. The summed E-state index contributed by atoms with van der Waals surface area (Å²) < 4.78 is 9.80. The van der Waals surface area contributed by atoms with E-state index >= 15 is 0 Å². The lowest BCUT2D eigenvalue weighted by molar-refractivity contribution is -0.138. The van der Waals surface area contributed by atoms with E-state index < -0.39 is 12.1 Å². The Morgan fingerprint density at radius 1 is 1.26 bits per heavy atom. The molecule has 0 aromatic rings. The second-order valence-electron chi connectivity index (χ2n) is 4.63. The molecule has 0 spiro atoms. The summed E-state index contributed by atoms with van der Waals surface area (Å²) in [5.74, 6) is 0.205. The van der Waals surface area contributed by atoms with Crippen LogP contribution in [0.3, 0.4) is 0 Å². The molecular formula is C14H25NO4. The van der Waals surface area contributed by atoms with E-state index in [1.807, 2.05) is 0 Å². The highest BCUT2D eigenvalue weighted by atomic mass is 16.6. The third-order valence-corrected chi connectivity index (χ3v) is 2.72. The van der Waals surface area contributed by atoms with Crippen molar-refractivity contribution in [1.29, 1.82) is 0 Å². The van der Waals surface area contributed by atoms with Gasteiger partial charge in [0.1, 0.15) is 6.61 Å². The van der Waals surface area contributed by atoms with Crippen LogP contribution in [0.25, 0.3) is 0 Å². The van der Waals surface area contributed by atoms with Gasteiger partial charge in [-0.1, -0.05) is 26.8 Å². The van der Waals surface area contributed by atoms with Crippen LogP contribution in [0, 0.1) is 5.92 Å². The Morgan fingerprint density at radius 2 is 1.95 bits per heavy atom. The second kappa shape index (κ2) is 10.4. The summed E-state index contributed by atoms with van der Waals surface area (Å²) in [7, 11) is 0. The number of rotatable bonds is 9. The first-order chi connectivity index (χ1) is 8.97. The largest absolute Gasteiger partial charge is 0.460 e. The molecule has 5 heteroatoms. The number of carbonyl (C=O) groups excluding carboxylic acids is 2. The maximum atomic E-state index is 11.2. The second-order valence-corrected chi connectivity index (χ2v) is 4.63. The fourth-order valence-corrected chi connectivity index (χ4v) is 1.27. The molecular weight excluding hydrogens is 246 g/mol. The predicted octanol–water partition coefficient (Wildman–Crippen LogP) is 2.66. The van der Waals surface area contributed by atoms with Crippen LogP contribution in [-0.4, -0.2) is 31.8 Å². The number of ether oxygens (including phenoxy) is 2. The van der Waals surface area contributed by atoms with Gasteiger partial charge in [0.05, 0.1) is 13.2 Å². The Kier molecular flexibility index (Phi) is 9.57. The lowest BCUT2D eigenvalue weighted by Crippen LogP contribution is -2.29. The predicted molar refractivity (Wildman–Crippen MR) is 73.8 cm³/mol. The average molecular weight is 271 g/mol. The van der Waals surface area contributed by atoms with Crippen LogP contribution in [0.1, 0.15) is 40.0 Å². The lowest BCUT2D eigenvalue weighted by Gasteiger charge is -2.09. The van der Waals surface area contributed by atoms with E-state index in [1.165, 1.54) is 0 Å². The molecule has 0 aromatic carbocycles. The van der Waals surface area contributed by atoms with Gasteiger partial charge < -0.3 is 14.8 Å². The number of nitrogens with one attached hydrogen (secondary N) is 1. The molecule has 1 atom stereocenters. The maximum Gasteiger partial charge on any atom is 0.407 e. The summed E-state index contributed by atoms with van der Waals surface area (Å²) in [5.41, 5.74) is 0.340. The van der Waals surface area contributed by atoms with Crippen molar-refractivity contribution >= 4 is 12.1 Å². The quantitative estimate of drug-likeness (QED) is 0.398. The zero-order valence-corrected chi connectivity index (χ0v) is 12.2. The third kappa shape index (κ3) is 10.1. The number of esters is 1. The number of carbonyl (C=O) groups is 2. The molecule has 0 fully saturated rings. The molecule has 0 aliphatic heterocycles. The SMILES string of the molecule is C=C(C)C(=O)OCCNC(=O)OCCCC(C)CC. The monoisotopic (exact) mass is 271 g/mol. The molecule has 0 aliphatic rings. The topological polar surface area (TPSA) is 64.6 Å². The molecule has 19 heavy (non-hydrogen) atoms. The van der Waals surface area contributed by atoms with Gasteiger partial charge in [-0.15, -0.1) is 0 Å². The summed E-state index contributed by atoms with van der Waals surface area (Å²) in [6.45, 7) is 10.1. The maximum absolute atomic E-state index is 11.2. The molecule has 0 heterocycles. The fraction of sp³-hybridized carbons (Fsp3) is 0.714. The van der Waals surface area contributed by atoms with E-state index in [0.717, 1.165) is 19.3 Å². The lowest BCUT2D eigenvalue weighted by atomic mass is 10.0. The van der Waals surface area contributed by atoms with Gasteiger partial charge in [0, 0.05) is 5.57 Å². The van der Waals surface area contributed by atoms with Crippen LogP contribution in [0.15, 0.2) is 12.2 Å². The van der Waals surface area contributed by atoms with Crippen molar-refractivity contribution in [3.63, 3.8) is 0 Å². The molecule has 0 radical (unpaired) electrons. The van der Waals surface area contributed by atoms with E-state index in [9.17, 15) is 9.59 Å². The summed E-state index contributed by atoms with van der Waals surface area (Å²) in [4.78, 5) is 22.3. The fourth-order valence-electron chi connectivity index (χ4n) is 1.27. The number of alkyl carbamates (subject to hydrolysis) is 1. The summed E-state index contributed by atoms with van der Waals surface area (Å²) in [5, 5.41) is 2.51. The minimum atomic E-state index is -0.476. The summed E-state index contributed by atoms with van der Waals surface area (Å²) in [6, 6.07) is 0. The van der Waals surface area contributed by atoms with Crippen molar-refractivity contribution < 1.29 is 19.1 Å². The molecule has 0 aliphatic carbocycles. The standard InChI is InChI=1S/C14H25NO4/c1-5-12(4)7-6-9-19-14(17)15-8-10-18-13(16)11(2)3/h12H,2,5-10H2,1,3-4H3,(H,15,17). The Bertz CT molecular complexity index is 302. The Hall–Kier alpha value is -1.52. The van der Waals surface area contributed by atoms with Gasteiger partial charge in [-0.05, 0) is 25.7 Å². The van der Waals surface area contributed by atoms with Gasteiger partial charge in [0.15, 0.2) is 0 Å². The van der Waals surface area contributed by atoms with E-state index in [4.69, 9.17) is 9.47 Å². The molecule has 0 saturated heterocycles. The molecule has 0 aromatic heterocycles. The van der Waals surface area contributed by atoms with Gasteiger partial charge in [0.25, 0.3) is 0 Å². The molecule has 110 valence electrons. The van der Waals surface area contributed by atoms with Crippen LogP contribution in [-0.2, 0) is 14.3 Å². The Labute approximate surface area is 115 Å². The number of amides is 1. The highest BCUT2D eigenvalue weighted by Crippen LogP contribution is 2.08. The first kappa shape index (κ1) is 17.5. The first-order valence-electron chi connectivity index (χ1n) is 6.70.